The molecule has 116 valence electrons. The Kier molecular flexibility index (Phi) is 2.37. The molecule has 4 aromatic carbocycles. The van der Waals surface area contributed by atoms with Crippen molar-refractivity contribution in [2.24, 2.45) is 0 Å². The number of para-hydroxylation sites is 2. The Morgan fingerprint density at radius 2 is 1.24 bits per heavy atom. The summed E-state index contributed by atoms with van der Waals surface area (Å²) in [6, 6.07) is 30.0. The minimum Gasteiger partial charge on any atom is -0.292 e. The van der Waals surface area contributed by atoms with Gasteiger partial charge in [-0.25, -0.2) is 4.98 Å². The standard InChI is InChI=1S/C23H14N2/c1-2-10-18-16(9-1)17-11-5-7-15-8-6-14-21(22(15)17)25-20-13-4-3-12-19(20)24-23(18)25/h1-14H. The molecule has 0 spiro atoms. The molecule has 0 aliphatic carbocycles. The third-order valence-electron chi connectivity index (χ3n) is 5.14. The van der Waals surface area contributed by atoms with E-state index in [-0.39, 0.29) is 0 Å². The first-order chi connectivity index (χ1) is 12.4. The van der Waals surface area contributed by atoms with Crippen molar-refractivity contribution in [3.63, 3.8) is 0 Å². The predicted molar refractivity (Wildman–Crippen MR) is 105 cm³/mol. The summed E-state index contributed by atoms with van der Waals surface area (Å²) in [5, 5.41) is 6.25. The summed E-state index contributed by atoms with van der Waals surface area (Å²) in [5.74, 6) is 0. The number of benzene rings is 4. The topological polar surface area (TPSA) is 17.3 Å². The van der Waals surface area contributed by atoms with Gasteiger partial charge in [0.1, 0.15) is 5.65 Å². The van der Waals surface area contributed by atoms with Crippen molar-refractivity contribution in [3.05, 3.63) is 84.9 Å². The highest BCUT2D eigenvalue weighted by atomic mass is 15.0. The molecule has 0 atom stereocenters. The molecule has 0 N–H and O–H groups in total. The molecule has 0 saturated heterocycles. The van der Waals surface area contributed by atoms with E-state index in [1.165, 1.54) is 32.4 Å². The summed E-state index contributed by atoms with van der Waals surface area (Å²) < 4.78 is 2.31. The second-order valence-electron chi connectivity index (χ2n) is 6.49. The summed E-state index contributed by atoms with van der Waals surface area (Å²) in [6.07, 6.45) is 0. The first-order valence-corrected chi connectivity index (χ1v) is 8.51. The van der Waals surface area contributed by atoms with Gasteiger partial charge in [0.05, 0.1) is 16.6 Å². The van der Waals surface area contributed by atoms with Crippen LogP contribution in [0.5, 0.6) is 0 Å². The number of nitrogens with zero attached hydrogens (tertiary/aromatic N) is 2. The van der Waals surface area contributed by atoms with Crippen LogP contribution in [-0.4, -0.2) is 9.38 Å². The van der Waals surface area contributed by atoms with Gasteiger partial charge in [0.25, 0.3) is 0 Å². The number of hydrogen-bond donors (Lipinski definition) is 0. The van der Waals surface area contributed by atoms with Crippen molar-refractivity contribution >= 4 is 49.1 Å². The van der Waals surface area contributed by atoms with Gasteiger partial charge in [-0.1, -0.05) is 66.7 Å². The Morgan fingerprint density at radius 3 is 2.16 bits per heavy atom. The number of rotatable bonds is 0. The van der Waals surface area contributed by atoms with Gasteiger partial charge in [-0.3, -0.25) is 4.40 Å². The van der Waals surface area contributed by atoms with Crippen LogP contribution in [0.15, 0.2) is 84.9 Å². The van der Waals surface area contributed by atoms with Crippen LogP contribution in [0.25, 0.3) is 49.1 Å². The fourth-order valence-corrected chi connectivity index (χ4v) is 4.10. The Morgan fingerprint density at radius 1 is 0.560 bits per heavy atom. The van der Waals surface area contributed by atoms with Crippen molar-refractivity contribution in [2.45, 2.75) is 0 Å². The minimum atomic E-state index is 1.01. The molecule has 0 fully saturated rings. The average Bonchev–Trinajstić information content (AvgIpc) is 3.01. The highest BCUT2D eigenvalue weighted by molar-refractivity contribution is 6.21. The molecule has 0 bridgehead atoms. The lowest BCUT2D eigenvalue weighted by molar-refractivity contribution is 1.32. The smallest absolute Gasteiger partial charge is 0.146 e. The van der Waals surface area contributed by atoms with E-state index >= 15 is 0 Å². The molecular formula is C23H14N2. The highest BCUT2D eigenvalue weighted by Gasteiger charge is 2.13. The number of fused-ring (bicyclic) bond motifs is 7. The maximum Gasteiger partial charge on any atom is 0.146 e. The van der Waals surface area contributed by atoms with E-state index in [0.29, 0.717) is 0 Å². The van der Waals surface area contributed by atoms with E-state index < -0.39 is 0 Å². The maximum absolute atomic E-state index is 4.99. The van der Waals surface area contributed by atoms with Crippen molar-refractivity contribution in [2.75, 3.05) is 0 Å². The zero-order valence-corrected chi connectivity index (χ0v) is 13.5. The van der Waals surface area contributed by atoms with Crippen LogP contribution >= 0.6 is 0 Å². The molecule has 6 rings (SSSR count). The second kappa shape index (κ2) is 4.58. The van der Waals surface area contributed by atoms with Crippen LogP contribution in [0, 0.1) is 0 Å². The lowest BCUT2D eigenvalue weighted by atomic mass is 10.0. The zero-order valence-electron chi connectivity index (χ0n) is 13.5. The molecule has 2 heteroatoms. The minimum absolute atomic E-state index is 1.01. The lowest BCUT2D eigenvalue weighted by Crippen LogP contribution is -1.85. The van der Waals surface area contributed by atoms with Gasteiger partial charge in [-0.05, 0) is 34.4 Å². The van der Waals surface area contributed by atoms with E-state index in [1.54, 1.807) is 0 Å². The molecule has 25 heavy (non-hydrogen) atoms. The van der Waals surface area contributed by atoms with Crippen LogP contribution < -0.4 is 0 Å². The molecule has 0 saturated carbocycles. The molecule has 0 radical (unpaired) electrons. The van der Waals surface area contributed by atoms with Crippen LogP contribution in [0.3, 0.4) is 0 Å². The normalized spacial score (nSPS) is 12.0. The zero-order chi connectivity index (χ0) is 16.4. The summed E-state index contributed by atoms with van der Waals surface area (Å²) in [7, 11) is 0. The fourth-order valence-electron chi connectivity index (χ4n) is 4.10. The maximum atomic E-state index is 4.99. The predicted octanol–water partition coefficient (Wildman–Crippen LogP) is 5.95. The average molecular weight is 318 g/mol. The number of hydrogen-bond acceptors (Lipinski definition) is 1. The van der Waals surface area contributed by atoms with E-state index in [0.717, 1.165) is 16.7 Å². The van der Waals surface area contributed by atoms with Gasteiger partial charge < -0.3 is 0 Å². The first-order valence-electron chi connectivity index (χ1n) is 8.51. The van der Waals surface area contributed by atoms with Crippen LogP contribution in [0.4, 0.5) is 0 Å². The third-order valence-corrected chi connectivity index (χ3v) is 5.14. The molecule has 2 aromatic heterocycles. The molecule has 6 aromatic rings. The van der Waals surface area contributed by atoms with E-state index in [2.05, 4.69) is 89.3 Å². The largest absolute Gasteiger partial charge is 0.292 e. The molecule has 0 unspecified atom stereocenters. The molecule has 2 heterocycles. The molecule has 0 aliphatic rings. The van der Waals surface area contributed by atoms with Gasteiger partial charge in [-0.15, -0.1) is 0 Å². The fraction of sp³-hybridized carbons (Fsp3) is 0. The molecule has 0 amide bonds. The third kappa shape index (κ3) is 1.61. The van der Waals surface area contributed by atoms with Crippen LogP contribution in [-0.2, 0) is 0 Å². The summed E-state index contributed by atoms with van der Waals surface area (Å²) in [6.45, 7) is 0. The summed E-state index contributed by atoms with van der Waals surface area (Å²) >= 11 is 0. The van der Waals surface area contributed by atoms with Gasteiger partial charge in [0.15, 0.2) is 0 Å². The molecular weight excluding hydrogens is 304 g/mol. The Balaban J connectivity index is 2.15. The Bertz CT molecular complexity index is 1440. The quantitative estimate of drug-likeness (QED) is 0.338. The van der Waals surface area contributed by atoms with Crippen molar-refractivity contribution in [1.29, 1.82) is 0 Å². The van der Waals surface area contributed by atoms with Crippen molar-refractivity contribution in [3.8, 4) is 0 Å². The van der Waals surface area contributed by atoms with Crippen LogP contribution in [0.2, 0.25) is 0 Å². The number of imidazole rings is 1. The first kappa shape index (κ1) is 13.0. The van der Waals surface area contributed by atoms with Gasteiger partial charge in [0.2, 0.25) is 0 Å². The Hall–Kier alpha value is -3.39. The SMILES string of the molecule is c1ccc2c(c1)nc1c3ccccc3c3cccc4cccc(c43)n21. The van der Waals surface area contributed by atoms with E-state index in [9.17, 15) is 0 Å². The van der Waals surface area contributed by atoms with Gasteiger partial charge in [0, 0.05) is 10.8 Å². The molecule has 0 aliphatic heterocycles. The summed E-state index contributed by atoms with van der Waals surface area (Å²) in [4.78, 5) is 4.99. The second-order valence-corrected chi connectivity index (χ2v) is 6.49. The van der Waals surface area contributed by atoms with Crippen LogP contribution in [0.1, 0.15) is 0 Å². The highest BCUT2D eigenvalue weighted by Crippen LogP contribution is 2.35. The molecule has 2 nitrogen and oxygen atoms in total. The van der Waals surface area contributed by atoms with Gasteiger partial charge >= 0.3 is 0 Å². The van der Waals surface area contributed by atoms with E-state index in [1.807, 2.05) is 0 Å². The lowest BCUT2D eigenvalue weighted by Gasteiger charge is -2.04. The number of aromatic nitrogens is 2. The summed E-state index contributed by atoms with van der Waals surface area (Å²) in [5.41, 5.74) is 4.40. The van der Waals surface area contributed by atoms with E-state index in [4.69, 9.17) is 4.98 Å². The van der Waals surface area contributed by atoms with Crippen molar-refractivity contribution < 1.29 is 0 Å². The Labute approximate surface area is 143 Å². The van der Waals surface area contributed by atoms with Crippen molar-refractivity contribution in [1.82, 2.24) is 9.38 Å². The van der Waals surface area contributed by atoms with Gasteiger partial charge in [-0.2, -0.15) is 0 Å². The monoisotopic (exact) mass is 318 g/mol.